The second kappa shape index (κ2) is 13.6. The summed E-state index contributed by atoms with van der Waals surface area (Å²) in [6.07, 6.45) is -1.14. The van der Waals surface area contributed by atoms with Crippen LogP contribution in [0.3, 0.4) is 0 Å². The summed E-state index contributed by atoms with van der Waals surface area (Å²) in [7, 11) is 1.22. The molecule has 210 valence electrons. The van der Waals surface area contributed by atoms with Crippen molar-refractivity contribution in [3.8, 4) is 0 Å². The number of carbonyl (C=O) groups is 4. The highest BCUT2D eigenvalue weighted by molar-refractivity contribution is 5.92. The van der Waals surface area contributed by atoms with Gasteiger partial charge in [0.05, 0.1) is 13.7 Å². The lowest BCUT2D eigenvalue weighted by molar-refractivity contribution is -0.143. The maximum atomic E-state index is 12.7. The Labute approximate surface area is 228 Å². The van der Waals surface area contributed by atoms with E-state index in [1.807, 2.05) is 56.0 Å². The van der Waals surface area contributed by atoms with E-state index in [2.05, 4.69) is 10.6 Å². The van der Waals surface area contributed by atoms with Crippen LogP contribution in [0.25, 0.3) is 0 Å². The van der Waals surface area contributed by atoms with E-state index in [0.717, 1.165) is 5.56 Å². The Morgan fingerprint density at radius 2 is 1.64 bits per heavy atom. The predicted octanol–water partition coefficient (Wildman–Crippen LogP) is 3.32. The van der Waals surface area contributed by atoms with Crippen LogP contribution in [0.15, 0.2) is 54.6 Å². The number of ether oxygens (including phenoxy) is 3. The highest BCUT2D eigenvalue weighted by Crippen LogP contribution is 2.20. The van der Waals surface area contributed by atoms with Crippen molar-refractivity contribution in [3.05, 3.63) is 65.7 Å². The van der Waals surface area contributed by atoms with Gasteiger partial charge in [-0.15, -0.1) is 0 Å². The molecule has 39 heavy (non-hydrogen) atoms. The van der Waals surface area contributed by atoms with Crippen molar-refractivity contribution >= 4 is 29.8 Å². The summed E-state index contributed by atoms with van der Waals surface area (Å²) in [5.41, 5.74) is 1.12. The Kier molecular flexibility index (Phi) is 10.3. The second-order valence-electron chi connectivity index (χ2n) is 10.1. The molecule has 11 nitrogen and oxygen atoms in total. The molecule has 3 amide bonds. The van der Waals surface area contributed by atoms with Gasteiger partial charge >= 0.3 is 18.2 Å². The number of methoxy groups -OCH3 is 1. The molecule has 3 rings (SSSR count). The lowest BCUT2D eigenvalue weighted by atomic mass is 10.1. The van der Waals surface area contributed by atoms with Crippen molar-refractivity contribution in [2.45, 2.75) is 39.0 Å². The minimum absolute atomic E-state index is 0.0443. The van der Waals surface area contributed by atoms with Crippen molar-refractivity contribution in [1.29, 1.82) is 0 Å². The molecule has 1 aliphatic heterocycles. The third-order valence-electron chi connectivity index (χ3n) is 5.81. The maximum absolute atomic E-state index is 12.7. The fraction of sp³-hybridized carbons (Fsp3) is 0.429. The van der Waals surface area contributed by atoms with E-state index >= 15 is 0 Å². The van der Waals surface area contributed by atoms with E-state index in [9.17, 15) is 19.2 Å². The minimum Gasteiger partial charge on any atom is -0.467 e. The zero-order valence-corrected chi connectivity index (χ0v) is 22.8. The minimum atomic E-state index is -1.13. The lowest BCUT2D eigenvalue weighted by Crippen LogP contribution is -2.51. The maximum Gasteiger partial charge on any atom is 0.410 e. The quantitative estimate of drug-likeness (QED) is 0.386. The van der Waals surface area contributed by atoms with Crippen molar-refractivity contribution < 1.29 is 33.4 Å². The molecule has 0 aliphatic carbocycles. The van der Waals surface area contributed by atoms with Crippen LogP contribution < -0.4 is 10.6 Å². The number of hydrogen-bond donors (Lipinski definition) is 2. The van der Waals surface area contributed by atoms with Crippen LogP contribution in [-0.4, -0.2) is 79.3 Å². The van der Waals surface area contributed by atoms with Gasteiger partial charge in [-0.25, -0.2) is 14.4 Å². The van der Waals surface area contributed by atoms with Crippen molar-refractivity contribution in [2.75, 3.05) is 45.2 Å². The van der Waals surface area contributed by atoms with Gasteiger partial charge in [0.15, 0.2) is 6.04 Å². The Morgan fingerprint density at radius 3 is 2.28 bits per heavy atom. The Balaban J connectivity index is 1.54. The molecule has 1 atom stereocenters. The summed E-state index contributed by atoms with van der Waals surface area (Å²) in [5, 5.41) is 5.35. The van der Waals surface area contributed by atoms with Gasteiger partial charge in [0.1, 0.15) is 12.2 Å². The zero-order valence-electron chi connectivity index (χ0n) is 22.8. The SMILES string of the molecule is COC(=O)[C@@H](NC(=O)OCc1ccccc1)c1cccc(NC(=O)CN2CCN(C(=O)OC(C)(C)C)CC2)c1. The fourth-order valence-electron chi connectivity index (χ4n) is 3.89. The van der Waals surface area contributed by atoms with Crippen molar-refractivity contribution in [3.63, 3.8) is 0 Å². The Bertz CT molecular complexity index is 1140. The standard InChI is InChI=1S/C28H36N4O7/c1-28(2,3)39-27(36)32-15-13-31(14-16-32)18-23(33)29-22-12-8-11-21(17-22)24(25(34)37-4)30-26(35)38-19-20-9-6-5-7-10-20/h5-12,17,24H,13-16,18-19H2,1-4H3,(H,29,33)(H,30,35)/t24-/m0/s1. The normalized spacial score (nSPS) is 14.6. The van der Waals surface area contributed by atoms with Crippen LogP contribution in [0.4, 0.5) is 15.3 Å². The predicted molar refractivity (Wildman–Crippen MR) is 144 cm³/mol. The smallest absolute Gasteiger partial charge is 0.410 e. The third kappa shape index (κ3) is 9.60. The van der Waals surface area contributed by atoms with Gasteiger partial charge < -0.3 is 29.7 Å². The average Bonchev–Trinajstić information content (AvgIpc) is 2.90. The summed E-state index contributed by atoms with van der Waals surface area (Å²) in [6, 6.07) is 14.6. The highest BCUT2D eigenvalue weighted by Gasteiger charge is 2.27. The van der Waals surface area contributed by atoms with Crippen LogP contribution in [-0.2, 0) is 30.4 Å². The summed E-state index contributed by atoms with van der Waals surface area (Å²) >= 11 is 0. The number of anilines is 1. The number of hydrogen-bond acceptors (Lipinski definition) is 8. The second-order valence-corrected chi connectivity index (χ2v) is 10.1. The van der Waals surface area contributed by atoms with Gasteiger partial charge in [0.25, 0.3) is 0 Å². The van der Waals surface area contributed by atoms with Crippen molar-refractivity contribution in [2.24, 2.45) is 0 Å². The molecule has 0 saturated carbocycles. The van der Waals surface area contributed by atoms with Crippen LogP contribution >= 0.6 is 0 Å². The summed E-state index contributed by atoms with van der Waals surface area (Å²) in [5.74, 6) is -0.930. The van der Waals surface area contributed by atoms with E-state index in [1.165, 1.54) is 7.11 Å². The zero-order chi connectivity index (χ0) is 28.4. The molecular formula is C28H36N4O7. The van der Waals surface area contributed by atoms with E-state index < -0.39 is 23.7 Å². The molecule has 1 aliphatic rings. The number of rotatable bonds is 8. The fourth-order valence-corrected chi connectivity index (χ4v) is 3.89. The summed E-state index contributed by atoms with van der Waals surface area (Å²) < 4.78 is 15.5. The molecule has 0 unspecified atom stereocenters. The van der Waals surface area contributed by atoms with Gasteiger partial charge in [0, 0.05) is 31.9 Å². The molecule has 0 bridgehead atoms. The molecule has 1 saturated heterocycles. The summed E-state index contributed by atoms with van der Waals surface area (Å²) in [6.45, 7) is 7.64. The molecule has 2 aromatic rings. The molecule has 1 heterocycles. The van der Waals surface area contributed by atoms with E-state index in [1.54, 1.807) is 29.2 Å². The van der Waals surface area contributed by atoms with Gasteiger partial charge in [0.2, 0.25) is 5.91 Å². The first kappa shape index (κ1) is 29.4. The monoisotopic (exact) mass is 540 g/mol. The topological polar surface area (TPSA) is 127 Å². The van der Waals surface area contributed by atoms with Crippen molar-refractivity contribution in [1.82, 2.24) is 15.1 Å². The molecular weight excluding hydrogens is 504 g/mol. The van der Waals surface area contributed by atoms with Crippen LogP contribution in [0.5, 0.6) is 0 Å². The molecule has 2 aromatic carbocycles. The molecule has 1 fully saturated rings. The first-order chi connectivity index (χ1) is 18.5. The van der Waals surface area contributed by atoms with Crippen LogP contribution in [0.2, 0.25) is 0 Å². The lowest BCUT2D eigenvalue weighted by Gasteiger charge is -2.35. The number of amides is 3. The first-order valence-electron chi connectivity index (χ1n) is 12.7. The average molecular weight is 541 g/mol. The van der Waals surface area contributed by atoms with E-state index in [0.29, 0.717) is 37.4 Å². The van der Waals surface area contributed by atoms with E-state index in [4.69, 9.17) is 14.2 Å². The Hall–Kier alpha value is -4.12. The summed E-state index contributed by atoms with van der Waals surface area (Å²) in [4.78, 5) is 53.4. The number of alkyl carbamates (subject to hydrolysis) is 1. The molecule has 0 spiro atoms. The molecule has 0 aromatic heterocycles. The largest absolute Gasteiger partial charge is 0.467 e. The number of nitrogens with zero attached hydrogens (tertiary/aromatic N) is 2. The third-order valence-corrected chi connectivity index (χ3v) is 5.81. The number of piperazine rings is 1. The van der Waals surface area contributed by atoms with Gasteiger partial charge in [-0.3, -0.25) is 9.69 Å². The van der Waals surface area contributed by atoms with Gasteiger partial charge in [-0.2, -0.15) is 0 Å². The highest BCUT2D eigenvalue weighted by atomic mass is 16.6. The number of benzene rings is 2. The van der Waals surface area contributed by atoms with Gasteiger partial charge in [-0.05, 0) is 44.0 Å². The Morgan fingerprint density at radius 1 is 0.949 bits per heavy atom. The molecule has 11 heteroatoms. The number of nitrogens with one attached hydrogen (secondary N) is 2. The molecule has 2 N–H and O–H groups in total. The van der Waals surface area contributed by atoms with Crippen LogP contribution in [0.1, 0.15) is 37.9 Å². The first-order valence-corrected chi connectivity index (χ1v) is 12.7. The molecule has 0 radical (unpaired) electrons. The van der Waals surface area contributed by atoms with Gasteiger partial charge in [-0.1, -0.05) is 42.5 Å². The van der Waals surface area contributed by atoms with Crippen LogP contribution in [0, 0.1) is 0 Å². The number of carbonyl (C=O) groups excluding carboxylic acids is 4. The number of esters is 1. The van der Waals surface area contributed by atoms with E-state index in [-0.39, 0.29) is 25.2 Å².